The number of nitrogens with one attached hydrogen (secondary N) is 1. The largest absolute Gasteiger partial charge is 0.493 e. The highest BCUT2D eigenvalue weighted by atomic mass is 79.9. The van der Waals surface area contributed by atoms with Gasteiger partial charge in [-0.15, -0.1) is 0 Å². The number of ether oxygens (including phenoxy) is 1. The summed E-state index contributed by atoms with van der Waals surface area (Å²) < 4.78 is 6.95. The number of carboxylic acids is 1. The van der Waals surface area contributed by atoms with Crippen molar-refractivity contribution in [1.29, 1.82) is 0 Å². The zero-order chi connectivity index (χ0) is 20.2. The highest BCUT2D eigenvalue weighted by Gasteiger charge is 2.51. The van der Waals surface area contributed by atoms with Crippen LogP contribution in [-0.2, 0) is 16.6 Å². The average molecular weight is 475 g/mol. The van der Waals surface area contributed by atoms with Crippen molar-refractivity contribution in [1.82, 2.24) is 0 Å². The fourth-order valence-corrected chi connectivity index (χ4v) is 6.08. The standard InChI is InChI=1S/C23H21BrClNO3/c24-20-11-15-10-14-4-9-29-19(14)13-18(15)22(20)5-7-23(8-6-22,21(27)28)26-17-3-1-2-16(25)12-17/h1-3,10-13,26H,4-9H2,(H,27,28). The molecule has 0 radical (unpaired) electrons. The summed E-state index contributed by atoms with van der Waals surface area (Å²) in [5, 5.41) is 14.0. The number of carbonyl (C=O) groups is 1. The molecule has 0 unspecified atom stereocenters. The van der Waals surface area contributed by atoms with Crippen LogP contribution >= 0.6 is 27.5 Å². The van der Waals surface area contributed by atoms with Crippen LogP contribution in [0.5, 0.6) is 5.75 Å². The number of carboxylic acid groups (broad SMARTS) is 1. The van der Waals surface area contributed by atoms with Crippen LogP contribution in [0.15, 0.2) is 40.9 Å². The summed E-state index contributed by atoms with van der Waals surface area (Å²) in [6.07, 6.45) is 5.69. The van der Waals surface area contributed by atoms with Crippen molar-refractivity contribution in [2.45, 2.75) is 43.1 Å². The molecule has 1 fully saturated rings. The Morgan fingerprint density at radius 3 is 2.69 bits per heavy atom. The van der Waals surface area contributed by atoms with Crippen molar-refractivity contribution in [3.63, 3.8) is 0 Å². The van der Waals surface area contributed by atoms with Gasteiger partial charge in [-0.1, -0.05) is 33.6 Å². The zero-order valence-corrected chi connectivity index (χ0v) is 18.1. The van der Waals surface area contributed by atoms with Gasteiger partial charge < -0.3 is 15.2 Å². The second kappa shape index (κ2) is 6.78. The number of benzene rings is 2. The molecule has 0 amide bonds. The van der Waals surface area contributed by atoms with Gasteiger partial charge in [0.2, 0.25) is 0 Å². The fourth-order valence-electron chi connectivity index (χ4n) is 5.03. The van der Waals surface area contributed by atoms with Crippen LogP contribution in [0.4, 0.5) is 5.69 Å². The van der Waals surface area contributed by atoms with E-state index in [4.69, 9.17) is 16.3 Å². The molecule has 2 aliphatic carbocycles. The van der Waals surface area contributed by atoms with Gasteiger partial charge in [0.1, 0.15) is 11.3 Å². The molecule has 0 aromatic heterocycles. The van der Waals surface area contributed by atoms with Crippen LogP contribution in [0, 0.1) is 0 Å². The van der Waals surface area contributed by atoms with Crippen LogP contribution in [0.25, 0.3) is 6.08 Å². The van der Waals surface area contributed by atoms with Gasteiger partial charge in [0.15, 0.2) is 0 Å². The summed E-state index contributed by atoms with van der Waals surface area (Å²) in [6, 6.07) is 11.7. The lowest BCUT2D eigenvalue weighted by atomic mass is 9.65. The Balaban J connectivity index is 1.46. The number of hydrogen-bond acceptors (Lipinski definition) is 3. The van der Waals surface area contributed by atoms with E-state index in [9.17, 15) is 9.90 Å². The fraction of sp³-hybridized carbons (Fsp3) is 0.348. The normalized spacial score (nSPS) is 27.2. The van der Waals surface area contributed by atoms with Gasteiger partial charge in [0.05, 0.1) is 6.61 Å². The monoisotopic (exact) mass is 473 g/mol. The number of allylic oxidation sites excluding steroid dienone is 1. The second-order valence-electron chi connectivity index (χ2n) is 8.24. The molecule has 150 valence electrons. The maximum Gasteiger partial charge on any atom is 0.329 e. The summed E-state index contributed by atoms with van der Waals surface area (Å²) in [6.45, 7) is 0.738. The minimum Gasteiger partial charge on any atom is -0.493 e. The van der Waals surface area contributed by atoms with E-state index in [0.29, 0.717) is 17.9 Å². The highest BCUT2D eigenvalue weighted by Crippen LogP contribution is 2.56. The van der Waals surface area contributed by atoms with E-state index in [1.165, 1.54) is 16.7 Å². The minimum atomic E-state index is -1.00. The van der Waals surface area contributed by atoms with Crippen LogP contribution in [-0.4, -0.2) is 23.2 Å². The predicted molar refractivity (Wildman–Crippen MR) is 118 cm³/mol. The summed E-state index contributed by atoms with van der Waals surface area (Å²) >= 11 is 9.91. The van der Waals surface area contributed by atoms with Gasteiger partial charge in [-0.05, 0) is 78.8 Å². The van der Waals surface area contributed by atoms with Crippen molar-refractivity contribution < 1.29 is 14.6 Å². The van der Waals surface area contributed by atoms with E-state index in [2.05, 4.69) is 39.5 Å². The summed E-state index contributed by atoms with van der Waals surface area (Å²) in [5.41, 5.74) is 3.31. The molecule has 3 aliphatic rings. The van der Waals surface area contributed by atoms with Gasteiger partial charge >= 0.3 is 5.97 Å². The lowest BCUT2D eigenvalue weighted by molar-refractivity contribution is -0.143. The van der Waals surface area contributed by atoms with Crippen molar-refractivity contribution in [3.05, 3.63) is 62.6 Å². The molecule has 2 aromatic rings. The third-order valence-electron chi connectivity index (χ3n) is 6.69. The average Bonchev–Trinajstić information content (AvgIpc) is 3.24. The number of aliphatic carboxylic acids is 1. The lowest BCUT2D eigenvalue weighted by Gasteiger charge is -2.44. The third kappa shape index (κ3) is 2.98. The van der Waals surface area contributed by atoms with Crippen LogP contribution in [0.1, 0.15) is 42.4 Å². The second-order valence-corrected chi connectivity index (χ2v) is 9.53. The molecule has 0 saturated heterocycles. The molecule has 0 atom stereocenters. The van der Waals surface area contributed by atoms with E-state index in [1.807, 2.05) is 12.1 Å². The smallest absolute Gasteiger partial charge is 0.329 e. The number of anilines is 1. The molecule has 1 aliphatic heterocycles. The molecular weight excluding hydrogens is 454 g/mol. The van der Waals surface area contributed by atoms with Gasteiger partial charge in [-0.25, -0.2) is 4.79 Å². The van der Waals surface area contributed by atoms with Gasteiger partial charge in [0.25, 0.3) is 0 Å². The number of fused-ring (bicyclic) bond motifs is 3. The number of halogens is 2. The van der Waals surface area contributed by atoms with Crippen LogP contribution in [0.3, 0.4) is 0 Å². The Bertz CT molecular complexity index is 1040. The topological polar surface area (TPSA) is 58.6 Å². The van der Waals surface area contributed by atoms with E-state index >= 15 is 0 Å². The van der Waals surface area contributed by atoms with Crippen LogP contribution < -0.4 is 10.1 Å². The van der Waals surface area contributed by atoms with E-state index in [-0.39, 0.29) is 5.41 Å². The van der Waals surface area contributed by atoms with Gasteiger partial charge in [-0.3, -0.25) is 0 Å². The number of rotatable bonds is 3. The summed E-state index contributed by atoms with van der Waals surface area (Å²) in [4.78, 5) is 12.3. The molecule has 29 heavy (non-hydrogen) atoms. The SMILES string of the molecule is O=C(O)C1(Nc2cccc(Cl)c2)CCC2(CC1)C(Br)=Cc1cc3c(cc12)OCC3. The van der Waals surface area contributed by atoms with Crippen molar-refractivity contribution in [2.75, 3.05) is 11.9 Å². The molecule has 4 nitrogen and oxygen atoms in total. The molecule has 0 bridgehead atoms. The molecule has 2 aromatic carbocycles. The lowest BCUT2D eigenvalue weighted by Crippen LogP contribution is -2.52. The molecule has 2 N–H and O–H groups in total. The van der Waals surface area contributed by atoms with E-state index in [1.54, 1.807) is 12.1 Å². The first-order valence-electron chi connectivity index (χ1n) is 9.87. The Hall–Kier alpha value is -1.98. The maximum atomic E-state index is 12.3. The molecule has 1 heterocycles. The Morgan fingerprint density at radius 2 is 1.97 bits per heavy atom. The highest BCUT2D eigenvalue weighted by molar-refractivity contribution is 9.11. The van der Waals surface area contributed by atoms with Crippen LogP contribution in [0.2, 0.25) is 5.02 Å². The Labute approximate surface area is 183 Å². The van der Waals surface area contributed by atoms with E-state index < -0.39 is 11.5 Å². The quantitative estimate of drug-likeness (QED) is 0.593. The van der Waals surface area contributed by atoms with Crippen molar-refractivity contribution >= 4 is 45.3 Å². The molecule has 1 spiro atoms. The first-order valence-corrected chi connectivity index (χ1v) is 11.0. The third-order valence-corrected chi connectivity index (χ3v) is 7.91. The first-order chi connectivity index (χ1) is 13.9. The van der Waals surface area contributed by atoms with Crippen molar-refractivity contribution in [2.24, 2.45) is 0 Å². The predicted octanol–water partition coefficient (Wildman–Crippen LogP) is 5.77. The zero-order valence-electron chi connectivity index (χ0n) is 15.8. The summed E-state index contributed by atoms with van der Waals surface area (Å²) in [5.74, 6) is 0.161. The van der Waals surface area contributed by atoms with Gasteiger partial charge in [-0.2, -0.15) is 0 Å². The van der Waals surface area contributed by atoms with Crippen molar-refractivity contribution in [3.8, 4) is 5.75 Å². The van der Waals surface area contributed by atoms with Gasteiger partial charge in [0, 0.05) is 27.0 Å². The minimum absolute atomic E-state index is 0.175. The van der Waals surface area contributed by atoms with E-state index in [0.717, 1.165) is 41.8 Å². The molecule has 6 heteroatoms. The maximum absolute atomic E-state index is 12.3. The molecular formula is C23H21BrClNO3. The Morgan fingerprint density at radius 1 is 1.17 bits per heavy atom. The first kappa shape index (κ1) is 19.0. The molecule has 1 saturated carbocycles. The summed E-state index contributed by atoms with van der Waals surface area (Å²) in [7, 11) is 0. The Kier molecular flexibility index (Phi) is 4.44. The number of hydrogen-bond donors (Lipinski definition) is 2. The molecule has 5 rings (SSSR count).